The first-order valence-corrected chi connectivity index (χ1v) is 8.99. The molecule has 8 heteroatoms. The zero-order valence-electron chi connectivity index (χ0n) is 16.2. The normalized spacial score (nSPS) is 14.6. The second-order valence-electron chi connectivity index (χ2n) is 6.52. The summed E-state index contributed by atoms with van der Waals surface area (Å²) in [6, 6.07) is 11.3. The number of esters is 1. The molecule has 8 nitrogen and oxygen atoms in total. The van der Waals surface area contributed by atoms with Gasteiger partial charge in [-0.05, 0) is 41.8 Å². The monoisotopic (exact) mass is 399 g/mol. The first-order valence-electron chi connectivity index (χ1n) is 8.99. The minimum atomic E-state index is -1.15. The van der Waals surface area contributed by atoms with Crippen LogP contribution >= 0.6 is 0 Å². The maximum absolute atomic E-state index is 12.3. The van der Waals surface area contributed by atoms with E-state index in [-0.39, 0.29) is 12.3 Å². The third kappa shape index (κ3) is 4.66. The van der Waals surface area contributed by atoms with E-state index >= 15 is 0 Å². The molecule has 0 bridgehead atoms. The Labute approximate surface area is 167 Å². The number of nitrogens with zero attached hydrogens (tertiary/aromatic N) is 1. The Kier molecular flexibility index (Phi) is 6.01. The largest absolute Gasteiger partial charge is 0.536 e. The minimum absolute atomic E-state index is 0.219. The number of carbonyl (C=O) groups is 3. The van der Waals surface area contributed by atoms with Gasteiger partial charge >= 0.3 is 12.1 Å². The van der Waals surface area contributed by atoms with Gasteiger partial charge in [0, 0.05) is 6.42 Å². The van der Waals surface area contributed by atoms with Crippen LogP contribution in [-0.4, -0.2) is 37.0 Å². The van der Waals surface area contributed by atoms with Crippen LogP contribution in [0.1, 0.15) is 31.2 Å². The average Bonchev–Trinajstić information content (AvgIpc) is 3.04. The fourth-order valence-corrected chi connectivity index (χ4v) is 2.88. The number of allylic oxidation sites excluding steroid dienone is 1. The summed E-state index contributed by atoms with van der Waals surface area (Å²) in [4.78, 5) is 40.2. The Hall–Kier alpha value is -3.55. The molecule has 0 radical (unpaired) electrons. The molecule has 1 heterocycles. The Balaban J connectivity index is 1.52. The van der Waals surface area contributed by atoms with Crippen molar-refractivity contribution in [3.63, 3.8) is 0 Å². The van der Waals surface area contributed by atoms with Crippen molar-refractivity contribution in [2.24, 2.45) is 0 Å². The lowest BCUT2D eigenvalue weighted by molar-refractivity contribution is -0.168. The van der Waals surface area contributed by atoms with E-state index in [1.807, 2.05) is 36.4 Å². The van der Waals surface area contributed by atoms with Crippen LogP contribution < -0.4 is 4.74 Å². The molecule has 0 saturated carbocycles. The zero-order valence-corrected chi connectivity index (χ0v) is 16.2. The molecular formula is C21H21NO7. The van der Waals surface area contributed by atoms with Crippen molar-refractivity contribution < 1.29 is 33.4 Å². The van der Waals surface area contributed by atoms with Gasteiger partial charge in [0.25, 0.3) is 5.91 Å². The van der Waals surface area contributed by atoms with Crippen molar-refractivity contribution in [3.8, 4) is 5.75 Å². The molecule has 3 rings (SSSR count). The van der Waals surface area contributed by atoms with Gasteiger partial charge in [0.1, 0.15) is 5.75 Å². The number of rotatable bonds is 6. The fraction of sp³-hybridized carbons (Fsp3) is 0.286. The highest BCUT2D eigenvalue weighted by Gasteiger charge is 2.29. The van der Waals surface area contributed by atoms with E-state index in [2.05, 4.69) is 6.58 Å². The molecule has 0 spiro atoms. The number of ether oxygens (including phenoxy) is 3. The molecule has 1 aliphatic rings. The Bertz CT molecular complexity index is 953. The van der Waals surface area contributed by atoms with Crippen LogP contribution in [0, 0.1) is 0 Å². The lowest BCUT2D eigenvalue weighted by atomic mass is 9.98. The van der Waals surface area contributed by atoms with Gasteiger partial charge < -0.3 is 14.2 Å². The number of hydrogen-bond donors (Lipinski definition) is 0. The first-order chi connectivity index (χ1) is 13.9. The molecule has 0 N–H and O–H groups in total. The summed E-state index contributed by atoms with van der Waals surface area (Å²) < 4.78 is 14.9. The smallest absolute Gasteiger partial charge is 0.497 e. The van der Waals surface area contributed by atoms with Crippen molar-refractivity contribution in [3.05, 3.63) is 54.2 Å². The third-order valence-electron chi connectivity index (χ3n) is 4.61. The lowest BCUT2D eigenvalue weighted by Crippen LogP contribution is -2.28. The number of hydrogen-bond acceptors (Lipinski definition) is 7. The van der Waals surface area contributed by atoms with Gasteiger partial charge in [-0.25, -0.2) is 4.79 Å². The van der Waals surface area contributed by atoms with Crippen molar-refractivity contribution in [1.82, 2.24) is 5.06 Å². The van der Waals surface area contributed by atoms with E-state index in [0.717, 1.165) is 27.1 Å². The average molecular weight is 399 g/mol. The number of hydroxylamine groups is 2. The summed E-state index contributed by atoms with van der Waals surface area (Å²) in [5.41, 5.74) is 1.13. The maximum Gasteiger partial charge on any atom is 0.536 e. The van der Waals surface area contributed by atoms with E-state index in [1.54, 1.807) is 14.0 Å². The summed E-state index contributed by atoms with van der Waals surface area (Å²) >= 11 is 0. The van der Waals surface area contributed by atoms with Crippen molar-refractivity contribution in [1.29, 1.82) is 0 Å². The maximum atomic E-state index is 12.3. The predicted molar refractivity (Wildman–Crippen MR) is 103 cm³/mol. The minimum Gasteiger partial charge on any atom is -0.497 e. The van der Waals surface area contributed by atoms with Gasteiger partial charge in [-0.15, -0.1) is 5.06 Å². The van der Waals surface area contributed by atoms with Crippen LogP contribution in [0.25, 0.3) is 10.8 Å². The molecular weight excluding hydrogens is 378 g/mol. The molecule has 1 atom stereocenters. The van der Waals surface area contributed by atoms with Crippen LogP contribution in [0.3, 0.4) is 0 Å². The van der Waals surface area contributed by atoms with Gasteiger partial charge in [0.2, 0.25) is 6.79 Å². The second kappa shape index (κ2) is 8.64. The number of amides is 1. The molecule has 0 aliphatic carbocycles. The van der Waals surface area contributed by atoms with Crippen LogP contribution in [0.4, 0.5) is 4.79 Å². The second-order valence-corrected chi connectivity index (χ2v) is 6.52. The highest BCUT2D eigenvalue weighted by molar-refractivity contribution is 5.87. The SMILES string of the molecule is C=C1CCC(=O)N1OC(=O)OCOC(=O)[C@@H](C)c1ccc2cc(OC)ccc2c1. The Morgan fingerprint density at radius 1 is 1.10 bits per heavy atom. The van der Waals surface area contributed by atoms with E-state index in [4.69, 9.17) is 19.0 Å². The number of carbonyl (C=O) groups excluding carboxylic acids is 3. The van der Waals surface area contributed by atoms with Gasteiger partial charge in [-0.3, -0.25) is 14.4 Å². The molecule has 0 unspecified atom stereocenters. The molecule has 29 heavy (non-hydrogen) atoms. The summed E-state index contributed by atoms with van der Waals surface area (Å²) in [7, 11) is 1.60. The van der Waals surface area contributed by atoms with E-state index in [9.17, 15) is 14.4 Å². The quantitative estimate of drug-likeness (QED) is 0.541. The number of benzene rings is 2. The molecule has 2 aromatic rings. The standard InChI is InChI=1S/C21H21NO7/c1-13-4-9-19(23)22(13)29-21(25)28-12-27-20(24)14(2)15-5-6-17-11-18(26-3)8-7-16(17)10-15/h5-8,10-11,14H,1,4,9,12H2,2-3H3/t14-/m0/s1. The lowest BCUT2D eigenvalue weighted by Gasteiger charge is -2.16. The number of methoxy groups -OCH3 is 1. The summed E-state index contributed by atoms with van der Waals surface area (Å²) in [6.07, 6.45) is -0.518. The summed E-state index contributed by atoms with van der Waals surface area (Å²) in [5, 5.41) is 2.73. The van der Waals surface area contributed by atoms with Gasteiger partial charge in [-0.2, -0.15) is 0 Å². The third-order valence-corrected chi connectivity index (χ3v) is 4.61. The molecule has 0 aromatic heterocycles. The zero-order chi connectivity index (χ0) is 21.0. The fourth-order valence-electron chi connectivity index (χ4n) is 2.88. The molecule has 2 aromatic carbocycles. The molecule has 152 valence electrons. The Morgan fingerprint density at radius 2 is 1.83 bits per heavy atom. The van der Waals surface area contributed by atoms with Crippen LogP contribution in [0.15, 0.2) is 48.7 Å². The van der Waals surface area contributed by atoms with Crippen molar-refractivity contribution in [2.75, 3.05) is 13.9 Å². The topological polar surface area (TPSA) is 91.4 Å². The molecule has 1 fully saturated rings. The highest BCUT2D eigenvalue weighted by Crippen LogP contribution is 2.26. The van der Waals surface area contributed by atoms with Crippen LogP contribution in [-0.2, 0) is 23.9 Å². The van der Waals surface area contributed by atoms with Gasteiger partial charge in [-0.1, -0.05) is 30.8 Å². The van der Waals surface area contributed by atoms with Gasteiger partial charge in [0.15, 0.2) is 0 Å². The molecule has 1 saturated heterocycles. The Morgan fingerprint density at radius 3 is 2.52 bits per heavy atom. The predicted octanol–water partition coefficient (Wildman–Crippen LogP) is 3.66. The van der Waals surface area contributed by atoms with Crippen molar-refractivity contribution >= 4 is 28.8 Å². The highest BCUT2D eigenvalue weighted by atomic mass is 16.9. The first kappa shape index (κ1) is 20.2. The number of fused-ring (bicyclic) bond motifs is 1. The summed E-state index contributed by atoms with van der Waals surface area (Å²) in [5.74, 6) is -0.763. The molecule has 1 aliphatic heterocycles. The van der Waals surface area contributed by atoms with Gasteiger partial charge in [0.05, 0.1) is 18.7 Å². The van der Waals surface area contributed by atoms with E-state index in [1.165, 1.54) is 0 Å². The molecule has 1 amide bonds. The van der Waals surface area contributed by atoms with Crippen LogP contribution in [0.2, 0.25) is 0 Å². The van der Waals surface area contributed by atoms with E-state index in [0.29, 0.717) is 12.1 Å². The van der Waals surface area contributed by atoms with Crippen LogP contribution in [0.5, 0.6) is 5.75 Å². The van der Waals surface area contributed by atoms with Crippen molar-refractivity contribution in [2.45, 2.75) is 25.7 Å². The summed E-state index contributed by atoms with van der Waals surface area (Å²) in [6.45, 7) is 4.68. The van der Waals surface area contributed by atoms with E-state index < -0.39 is 24.8 Å².